The Labute approximate surface area is 199 Å². The smallest absolute Gasteiger partial charge is 0.233 e. The van der Waals surface area contributed by atoms with Crippen LogP contribution in [0.15, 0.2) is 0 Å². The Morgan fingerprint density at radius 2 is 1.81 bits per heavy atom. The Bertz CT molecular complexity index is 755. The molecule has 0 heterocycles. The predicted octanol–water partition coefficient (Wildman–Crippen LogP) is 7.29. The Balaban J connectivity index is 1.59. The van der Waals surface area contributed by atoms with Gasteiger partial charge in [0.2, 0.25) is 6.04 Å². The second-order valence-electron chi connectivity index (χ2n) is 12.9. The summed E-state index contributed by atoms with van der Waals surface area (Å²) in [6.45, 7) is 11.8. The van der Waals surface area contributed by atoms with Gasteiger partial charge in [0.1, 0.15) is 10.7 Å². The highest BCUT2D eigenvalue weighted by atomic mass is 35.5. The molecule has 4 saturated carbocycles. The second kappa shape index (κ2) is 8.54. The van der Waals surface area contributed by atoms with E-state index in [-0.39, 0.29) is 22.5 Å². The molecule has 0 spiro atoms. The number of nitrogens with zero attached hydrogens (tertiary/aromatic N) is 1. The SMILES string of the molecule is CC(C)CCC[C@@H](C)[C@@H]1CC[C@@H]2[C@@H]3C[C@H]([N+](=O)[O-])[C@@]4(Cl)CC(=O)CC[C@]4(C)[C@H]3CC[C@]21C. The van der Waals surface area contributed by atoms with Crippen molar-refractivity contribution in [3.63, 3.8) is 0 Å². The molecule has 4 fully saturated rings. The van der Waals surface area contributed by atoms with Gasteiger partial charge in [0.25, 0.3) is 0 Å². The van der Waals surface area contributed by atoms with Crippen molar-refractivity contribution in [2.24, 2.45) is 46.3 Å². The molecule has 9 atom stereocenters. The Morgan fingerprint density at radius 3 is 2.47 bits per heavy atom. The molecular weight excluding hydrogens is 422 g/mol. The highest BCUT2D eigenvalue weighted by Crippen LogP contribution is 2.70. The molecule has 0 N–H and O–H groups in total. The van der Waals surface area contributed by atoms with Gasteiger partial charge in [-0.25, -0.2) is 0 Å². The quantitative estimate of drug-likeness (QED) is 0.235. The molecular formula is C27H44ClNO3. The first kappa shape index (κ1) is 24.5. The van der Waals surface area contributed by atoms with Crippen molar-refractivity contribution in [1.82, 2.24) is 0 Å². The number of hydrogen-bond donors (Lipinski definition) is 0. The molecule has 0 aromatic carbocycles. The number of fused-ring (bicyclic) bond motifs is 5. The van der Waals surface area contributed by atoms with Crippen LogP contribution in [-0.2, 0) is 4.79 Å². The van der Waals surface area contributed by atoms with Crippen molar-refractivity contribution < 1.29 is 9.72 Å². The van der Waals surface area contributed by atoms with Crippen LogP contribution in [0.25, 0.3) is 0 Å². The topological polar surface area (TPSA) is 60.2 Å². The van der Waals surface area contributed by atoms with E-state index in [4.69, 9.17) is 11.6 Å². The number of alkyl halides is 1. The van der Waals surface area contributed by atoms with E-state index < -0.39 is 10.9 Å². The summed E-state index contributed by atoms with van der Waals surface area (Å²) >= 11 is 7.17. The van der Waals surface area contributed by atoms with Crippen LogP contribution in [0.3, 0.4) is 0 Å². The van der Waals surface area contributed by atoms with Crippen LogP contribution in [0.4, 0.5) is 0 Å². The van der Waals surface area contributed by atoms with Gasteiger partial charge in [-0.2, -0.15) is 0 Å². The van der Waals surface area contributed by atoms with Gasteiger partial charge < -0.3 is 0 Å². The summed E-state index contributed by atoms with van der Waals surface area (Å²) in [5.41, 5.74) is -0.0157. The number of hydrogen-bond acceptors (Lipinski definition) is 3. The van der Waals surface area contributed by atoms with E-state index in [2.05, 4.69) is 34.6 Å². The molecule has 0 bridgehead atoms. The molecule has 4 aliphatic rings. The van der Waals surface area contributed by atoms with Crippen LogP contribution in [0.1, 0.15) is 105 Å². The molecule has 182 valence electrons. The van der Waals surface area contributed by atoms with Crippen molar-refractivity contribution in [2.45, 2.75) is 116 Å². The molecule has 32 heavy (non-hydrogen) atoms. The molecule has 0 amide bonds. The Morgan fingerprint density at radius 1 is 1.09 bits per heavy atom. The average molecular weight is 466 g/mol. The lowest BCUT2D eigenvalue weighted by atomic mass is 9.43. The third kappa shape index (κ3) is 3.66. The molecule has 0 aromatic rings. The second-order valence-corrected chi connectivity index (χ2v) is 13.6. The zero-order chi connectivity index (χ0) is 23.5. The molecule has 0 radical (unpaired) electrons. The fourth-order valence-electron chi connectivity index (χ4n) is 9.31. The fourth-order valence-corrected chi connectivity index (χ4v) is 9.86. The first-order chi connectivity index (χ1) is 14.9. The third-order valence-corrected chi connectivity index (χ3v) is 11.9. The molecule has 4 nitrogen and oxygen atoms in total. The minimum absolute atomic E-state index is 0.111. The van der Waals surface area contributed by atoms with Crippen LogP contribution in [0.2, 0.25) is 0 Å². The summed E-state index contributed by atoms with van der Waals surface area (Å²) in [5, 5.41) is 12.3. The number of carbonyl (C=O) groups excluding carboxylic acids is 1. The molecule has 0 unspecified atom stereocenters. The number of rotatable bonds is 6. The minimum atomic E-state index is -1.01. The lowest BCUT2D eigenvalue weighted by Gasteiger charge is -2.63. The van der Waals surface area contributed by atoms with Gasteiger partial charge in [0, 0.05) is 24.2 Å². The summed E-state index contributed by atoms with van der Waals surface area (Å²) in [4.78, 5) is 23.5. The first-order valence-electron chi connectivity index (χ1n) is 13.3. The fraction of sp³-hybridized carbons (Fsp3) is 0.963. The number of ketones is 1. The van der Waals surface area contributed by atoms with Crippen LogP contribution in [0.5, 0.6) is 0 Å². The van der Waals surface area contributed by atoms with E-state index >= 15 is 0 Å². The predicted molar refractivity (Wildman–Crippen MR) is 129 cm³/mol. The van der Waals surface area contributed by atoms with Gasteiger partial charge in [-0.3, -0.25) is 14.9 Å². The maximum atomic E-state index is 12.4. The normalized spacial score (nSPS) is 47.0. The third-order valence-electron chi connectivity index (χ3n) is 11.1. The van der Waals surface area contributed by atoms with E-state index in [1.54, 1.807) is 0 Å². The molecule has 0 aromatic heterocycles. The lowest BCUT2D eigenvalue weighted by molar-refractivity contribution is -0.542. The van der Waals surface area contributed by atoms with Gasteiger partial charge in [-0.15, -0.1) is 11.6 Å². The minimum Gasteiger partial charge on any atom is -0.300 e. The van der Waals surface area contributed by atoms with E-state index in [1.807, 2.05) is 0 Å². The van der Waals surface area contributed by atoms with Crippen molar-refractivity contribution in [3.8, 4) is 0 Å². The van der Waals surface area contributed by atoms with Gasteiger partial charge in [-0.05, 0) is 78.4 Å². The van der Waals surface area contributed by atoms with Gasteiger partial charge in [-0.1, -0.05) is 53.9 Å². The zero-order valence-corrected chi connectivity index (χ0v) is 21.6. The highest BCUT2D eigenvalue weighted by Gasteiger charge is 2.70. The average Bonchev–Trinajstić information content (AvgIpc) is 3.05. The maximum Gasteiger partial charge on any atom is 0.233 e. The van der Waals surface area contributed by atoms with Crippen LogP contribution >= 0.6 is 11.6 Å². The van der Waals surface area contributed by atoms with Crippen LogP contribution in [0, 0.1) is 56.5 Å². The van der Waals surface area contributed by atoms with Gasteiger partial charge >= 0.3 is 0 Å². The number of halogens is 1. The van der Waals surface area contributed by atoms with E-state index in [0.717, 1.165) is 30.6 Å². The Hall–Kier alpha value is -0.640. The zero-order valence-electron chi connectivity index (χ0n) is 20.9. The van der Waals surface area contributed by atoms with Crippen molar-refractivity contribution in [1.29, 1.82) is 0 Å². The highest BCUT2D eigenvalue weighted by molar-refractivity contribution is 6.26. The summed E-state index contributed by atoms with van der Waals surface area (Å²) in [7, 11) is 0. The van der Waals surface area contributed by atoms with E-state index in [0.29, 0.717) is 36.0 Å². The van der Waals surface area contributed by atoms with Gasteiger partial charge in [0.05, 0.1) is 0 Å². The largest absolute Gasteiger partial charge is 0.300 e. The molecule has 0 aliphatic heterocycles. The van der Waals surface area contributed by atoms with Crippen molar-refractivity contribution >= 4 is 17.4 Å². The van der Waals surface area contributed by atoms with Crippen LogP contribution < -0.4 is 0 Å². The summed E-state index contributed by atoms with van der Waals surface area (Å²) in [6.07, 6.45) is 10.8. The molecule has 4 aliphatic carbocycles. The first-order valence-corrected chi connectivity index (χ1v) is 13.7. The number of carbonyl (C=O) groups is 1. The summed E-state index contributed by atoms with van der Waals surface area (Å²) < 4.78 is 0. The standard InChI is InChI=1S/C27H44ClNO3/c1-17(2)7-6-8-18(3)21-9-10-22-20-15-24(29(31)32)27(28)16-19(30)11-14-26(27,5)23(20)12-13-25(21,22)4/h17-18,20-24H,6-16H2,1-5H3/t18-,20+,21+,22-,23+,24+,25+,26-,27+/m1/s1. The number of Topliss-reactive ketones (excluding diaryl/α,β-unsaturated/α-hetero) is 1. The molecule has 4 rings (SSSR count). The number of nitro groups is 1. The van der Waals surface area contributed by atoms with E-state index in [9.17, 15) is 14.9 Å². The summed E-state index contributed by atoms with van der Waals surface area (Å²) in [6, 6.07) is -0.801. The van der Waals surface area contributed by atoms with E-state index in [1.165, 1.54) is 38.5 Å². The van der Waals surface area contributed by atoms with Crippen molar-refractivity contribution in [2.75, 3.05) is 0 Å². The molecule has 5 heteroatoms. The Kier molecular flexibility index (Phi) is 6.53. The molecule has 0 saturated heterocycles. The van der Waals surface area contributed by atoms with Crippen LogP contribution in [-0.4, -0.2) is 21.6 Å². The lowest BCUT2D eigenvalue weighted by Crippen LogP contribution is -2.67. The van der Waals surface area contributed by atoms with Gasteiger partial charge in [0.15, 0.2) is 0 Å². The maximum absolute atomic E-state index is 12.4. The van der Waals surface area contributed by atoms with Crippen molar-refractivity contribution in [3.05, 3.63) is 10.1 Å². The summed E-state index contributed by atoms with van der Waals surface area (Å²) in [5.74, 6) is 3.70. The monoisotopic (exact) mass is 465 g/mol.